The van der Waals surface area contributed by atoms with Crippen LogP contribution in [-0.2, 0) is 4.79 Å². The maximum atomic E-state index is 12.5. The normalized spacial score (nSPS) is 19.8. The topological polar surface area (TPSA) is 37.3 Å². The van der Waals surface area contributed by atoms with E-state index in [-0.39, 0.29) is 11.9 Å². The molecule has 0 unspecified atom stereocenters. The Kier molecular flexibility index (Phi) is 5.51. The van der Waals surface area contributed by atoms with E-state index in [0.29, 0.717) is 12.5 Å². The molecule has 1 aliphatic rings. The molecule has 2 atom stereocenters. The summed E-state index contributed by atoms with van der Waals surface area (Å²) in [5, 5.41) is 7.36. The van der Waals surface area contributed by atoms with Gasteiger partial charge < -0.3 is 9.88 Å². The highest BCUT2D eigenvalue weighted by atomic mass is 32.1. The van der Waals surface area contributed by atoms with Crippen LogP contribution in [0.4, 0.5) is 0 Å². The molecule has 0 spiro atoms. The number of likely N-dealkylation sites (N-methyl/N-ethyl adjacent to an activating group) is 1. The molecule has 0 aliphatic carbocycles. The van der Waals surface area contributed by atoms with Crippen molar-refractivity contribution in [3.8, 4) is 0 Å². The molecule has 1 aliphatic heterocycles. The lowest BCUT2D eigenvalue weighted by molar-refractivity contribution is -0.121. The van der Waals surface area contributed by atoms with Crippen molar-refractivity contribution >= 4 is 17.2 Å². The van der Waals surface area contributed by atoms with Gasteiger partial charge in [-0.15, -0.1) is 0 Å². The first-order chi connectivity index (χ1) is 11.3. The van der Waals surface area contributed by atoms with Crippen molar-refractivity contribution in [3.63, 3.8) is 0 Å². The third-order valence-corrected chi connectivity index (χ3v) is 5.44. The van der Waals surface area contributed by atoms with Gasteiger partial charge in [0.15, 0.2) is 0 Å². The van der Waals surface area contributed by atoms with E-state index in [9.17, 15) is 4.79 Å². The smallest absolute Gasteiger partial charge is 0.222 e. The van der Waals surface area contributed by atoms with Crippen LogP contribution in [0.3, 0.4) is 0 Å². The number of carbonyl (C=O) groups excluding carboxylic acids is 1. The fourth-order valence-corrected chi connectivity index (χ4v) is 4.14. The molecular weight excluding hydrogens is 306 g/mol. The average molecular weight is 331 g/mol. The molecule has 5 heteroatoms. The third kappa shape index (κ3) is 4.03. The number of nitrogens with one attached hydrogen (secondary N) is 1. The molecule has 1 saturated heterocycles. The van der Waals surface area contributed by atoms with Gasteiger partial charge in [-0.1, -0.05) is 6.92 Å². The van der Waals surface area contributed by atoms with Crippen LogP contribution in [0.15, 0.2) is 41.4 Å². The minimum atomic E-state index is 0.0853. The quantitative estimate of drug-likeness (QED) is 0.846. The summed E-state index contributed by atoms with van der Waals surface area (Å²) in [6.07, 6.45) is 7.00. The molecule has 2 aromatic rings. The van der Waals surface area contributed by atoms with Gasteiger partial charge in [0, 0.05) is 25.0 Å². The fourth-order valence-electron chi connectivity index (χ4n) is 3.44. The van der Waals surface area contributed by atoms with Crippen LogP contribution < -0.4 is 5.32 Å². The monoisotopic (exact) mass is 331 g/mol. The SMILES string of the molecule is CCN1CCC[C@@H]1CNC(=O)C[C@H](c1ccsc1)n1cccc1. The second kappa shape index (κ2) is 7.79. The van der Waals surface area contributed by atoms with Gasteiger partial charge in [0.1, 0.15) is 0 Å². The number of carbonyl (C=O) groups is 1. The first-order valence-electron chi connectivity index (χ1n) is 8.43. The van der Waals surface area contributed by atoms with E-state index in [1.807, 2.05) is 24.5 Å². The minimum Gasteiger partial charge on any atom is -0.354 e. The lowest BCUT2D eigenvalue weighted by Gasteiger charge is -2.24. The van der Waals surface area contributed by atoms with Gasteiger partial charge in [-0.3, -0.25) is 9.69 Å². The number of rotatable bonds is 7. The molecule has 3 heterocycles. The summed E-state index contributed by atoms with van der Waals surface area (Å²) in [5.41, 5.74) is 1.21. The molecular formula is C18H25N3OS. The van der Waals surface area contributed by atoms with Gasteiger partial charge in [-0.2, -0.15) is 11.3 Å². The molecule has 0 bridgehead atoms. The van der Waals surface area contributed by atoms with Crippen molar-refractivity contribution in [1.82, 2.24) is 14.8 Å². The molecule has 1 fully saturated rings. The van der Waals surface area contributed by atoms with Crippen molar-refractivity contribution in [2.24, 2.45) is 0 Å². The summed E-state index contributed by atoms with van der Waals surface area (Å²) in [6, 6.07) is 6.72. The number of amides is 1. The molecule has 124 valence electrons. The fraction of sp³-hybridized carbons (Fsp3) is 0.500. The van der Waals surface area contributed by atoms with Gasteiger partial charge in [-0.05, 0) is 60.5 Å². The van der Waals surface area contributed by atoms with Crippen molar-refractivity contribution in [2.75, 3.05) is 19.6 Å². The Labute approximate surface area is 142 Å². The minimum absolute atomic E-state index is 0.0853. The summed E-state index contributed by atoms with van der Waals surface area (Å²) < 4.78 is 2.12. The number of likely N-dealkylation sites (tertiary alicyclic amines) is 1. The number of hydrogen-bond donors (Lipinski definition) is 1. The maximum Gasteiger partial charge on any atom is 0.222 e. The highest BCUT2D eigenvalue weighted by molar-refractivity contribution is 7.07. The van der Waals surface area contributed by atoms with Crippen LogP contribution in [0, 0.1) is 0 Å². The molecule has 0 saturated carbocycles. The van der Waals surface area contributed by atoms with Gasteiger partial charge in [0.2, 0.25) is 5.91 Å². The number of thiophene rings is 1. The van der Waals surface area contributed by atoms with Crippen LogP contribution in [0.25, 0.3) is 0 Å². The molecule has 1 N–H and O–H groups in total. The third-order valence-electron chi connectivity index (χ3n) is 4.73. The molecule has 0 aromatic carbocycles. The van der Waals surface area contributed by atoms with Crippen LogP contribution in [-0.4, -0.2) is 41.1 Å². The number of aromatic nitrogens is 1. The van der Waals surface area contributed by atoms with Crippen molar-refractivity contribution in [1.29, 1.82) is 0 Å². The Bertz CT molecular complexity index is 560. The lowest BCUT2D eigenvalue weighted by atomic mass is 10.1. The summed E-state index contributed by atoms with van der Waals surface area (Å²) in [5.74, 6) is 0.137. The Morgan fingerprint density at radius 1 is 1.43 bits per heavy atom. The maximum absolute atomic E-state index is 12.5. The molecule has 2 aromatic heterocycles. The predicted molar refractivity (Wildman–Crippen MR) is 94.8 cm³/mol. The van der Waals surface area contributed by atoms with E-state index >= 15 is 0 Å². The lowest BCUT2D eigenvalue weighted by Crippen LogP contribution is -2.40. The van der Waals surface area contributed by atoms with Gasteiger partial charge in [-0.25, -0.2) is 0 Å². The van der Waals surface area contributed by atoms with E-state index in [1.165, 1.54) is 18.4 Å². The van der Waals surface area contributed by atoms with Crippen LogP contribution >= 0.6 is 11.3 Å². The summed E-state index contributed by atoms with van der Waals surface area (Å²) in [6.45, 7) is 5.20. The Balaban J connectivity index is 1.58. The molecule has 1 amide bonds. The molecule has 23 heavy (non-hydrogen) atoms. The molecule has 4 nitrogen and oxygen atoms in total. The number of hydrogen-bond acceptors (Lipinski definition) is 3. The van der Waals surface area contributed by atoms with Crippen LogP contribution in [0.5, 0.6) is 0 Å². The highest BCUT2D eigenvalue weighted by Crippen LogP contribution is 2.24. The van der Waals surface area contributed by atoms with Crippen LogP contribution in [0.2, 0.25) is 0 Å². The standard InChI is InChI=1S/C18H25N3OS/c1-2-20-10-5-6-16(20)13-19-18(22)12-17(15-7-11-23-14-15)21-8-3-4-9-21/h3-4,7-9,11,14,16-17H,2,5-6,10,12-13H2,1H3,(H,19,22)/t16-,17-/m1/s1. The zero-order valence-electron chi connectivity index (χ0n) is 13.6. The van der Waals surface area contributed by atoms with E-state index in [2.05, 4.69) is 38.5 Å². The van der Waals surface area contributed by atoms with Crippen molar-refractivity contribution in [2.45, 2.75) is 38.3 Å². The van der Waals surface area contributed by atoms with E-state index in [1.54, 1.807) is 11.3 Å². The Morgan fingerprint density at radius 3 is 2.96 bits per heavy atom. The zero-order chi connectivity index (χ0) is 16.1. The van der Waals surface area contributed by atoms with E-state index in [4.69, 9.17) is 0 Å². The zero-order valence-corrected chi connectivity index (χ0v) is 14.5. The summed E-state index contributed by atoms with van der Waals surface area (Å²) in [7, 11) is 0. The average Bonchev–Trinajstić information content (AvgIpc) is 3.33. The number of nitrogens with zero attached hydrogens (tertiary/aromatic N) is 2. The first kappa shape index (κ1) is 16.3. The highest BCUT2D eigenvalue weighted by Gasteiger charge is 2.24. The Hall–Kier alpha value is -1.59. The van der Waals surface area contributed by atoms with Gasteiger partial charge >= 0.3 is 0 Å². The van der Waals surface area contributed by atoms with Gasteiger partial charge in [0.25, 0.3) is 0 Å². The van der Waals surface area contributed by atoms with Crippen molar-refractivity contribution < 1.29 is 4.79 Å². The summed E-state index contributed by atoms with van der Waals surface area (Å²) in [4.78, 5) is 14.9. The second-order valence-corrected chi connectivity index (χ2v) is 6.92. The predicted octanol–water partition coefficient (Wildman–Crippen LogP) is 3.13. The first-order valence-corrected chi connectivity index (χ1v) is 9.37. The van der Waals surface area contributed by atoms with Crippen LogP contribution in [0.1, 0.15) is 37.8 Å². The molecule has 0 radical (unpaired) electrons. The largest absolute Gasteiger partial charge is 0.354 e. The Morgan fingerprint density at radius 2 is 2.26 bits per heavy atom. The molecule has 3 rings (SSSR count). The summed E-state index contributed by atoms with van der Waals surface area (Å²) >= 11 is 1.68. The van der Waals surface area contributed by atoms with Crippen molar-refractivity contribution in [3.05, 3.63) is 46.9 Å². The van der Waals surface area contributed by atoms with Gasteiger partial charge in [0.05, 0.1) is 12.5 Å². The second-order valence-electron chi connectivity index (χ2n) is 6.14. The van der Waals surface area contributed by atoms with E-state index < -0.39 is 0 Å². The van der Waals surface area contributed by atoms with E-state index in [0.717, 1.165) is 19.6 Å².